The molecular weight excluding hydrogens is 259 g/mol. The lowest BCUT2D eigenvalue weighted by Crippen LogP contribution is -1.90. The summed E-state index contributed by atoms with van der Waals surface area (Å²) in [6, 6.07) is 12.7. The number of aliphatic hydroxyl groups excluding tert-OH is 1. The number of hydrogen-bond acceptors (Lipinski definition) is 2. The highest BCUT2D eigenvalue weighted by Gasteiger charge is 2.03. The van der Waals surface area contributed by atoms with E-state index in [1.54, 1.807) is 24.8 Å². The van der Waals surface area contributed by atoms with Crippen LogP contribution in [0.3, 0.4) is 0 Å². The third-order valence-corrected chi connectivity index (χ3v) is 4.13. The molecule has 0 saturated heterocycles. The summed E-state index contributed by atoms with van der Waals surface area (Å²) in [5.41, 5.74) is 3.03. The van der Waals surface area contributed by atoms with E-state index in [2.05, 4.69) is 0 Å². The van der Waals surface area contributed by atoms with Gasteiger partial charge in [0.1, 0.15) is 5.82 Å². The first-order chi connectivity index (χ1) is 9.06. The number of hydrogen-bond donors (Lipinski definition) is 1. The molecule has 0 aliphatic carbocycles. The predicted molar refractivity (Wildman–Crippen MR) is 77.8 cm³/mol. The molecule has 3 heteroatoms. The van der Waals surface area contributed by atoms with Gasteiger partial charge in [-0.3, -0.25) is 0 Å². The van der Waals surface area contributed by atoms with Crippen LogP contribution in [0.2, 0.25) is 0 Å². The van der Waals surface area contributed by atoms with Crippen molar-refractivity contribution >= 4 is 11.8 Å². The quantitative estimate of drug-likeness (QED) is 0.831. The average molecular weight is 276 g/mol. The van der Waals surface area contributed by atoms with Gasteiger partial charge >= 0.3 is 0 Å². The Hall–Kier alpha value is -1.32. The minimum absolute atomic E-state index is 0.189. The lowest BCUT2D eigenvalue weighted by molar-refractivity contribution is 0.199. The Morgan fingerprint density at radius 3 is 2.47 bits per heavy atom. The molecule has 0 bridgehead atoms. The molecule has 0 aliphatic rings. The van der Waals surface area contributed by atoms with Crippen molar-refractivity contribution in [3.05, 3.63) is 65.0 Å². The molecular formula is C16H17FOS. The molecule has 0 spiro atoms. The average Bonchev–Trinajstić information content (AvgIpc) is 2.40. The van der Waals surface area contributed by atoms with E-state index in [1.807, 2.05) is 37.3 Å². The first-order valence-electron chi connectivity index (χ1n) is 6.22. The van der Waals surface area contributed by atoms with Gasteiger partial charge in [-0.2, -0.15) is 0 Å². The first-order valence-corrected chi connectivity index (χ1v) is 7.20. The molecule has 2 aromatic carbocycles. The number of rotatable bonds is 4. The molecule has 0 amide bonds. The van der Waals surface area contributed by atoms with E-state index in [0.29, 0.717) is 0 Å². The van der Waals surface area contributed by atoms with Crippen LogP contribution in [0.5, 0.6) is 0 Å². The van der Waals surface area contributed by atoms with Gasteiger partial charge in [0.25, 0.3) is 0 Å². The topological polar surface area (TPSA) is 20.2 Å². The van der Waals surface area contributed by atoms with Crippen molar-refractivity contribution in [3.63, 3.8) is 0 Å². The summed E-state index contributed by atoms with van der Waals surface area (Å²) in [4.78, 5) is 1.12. The summed E-state index contributed by atoms with van der Waals surface area (Å²) < 4.78 is 13.2. The molecule has 1 nitrogen and oxygen atoms in total. The minimum atomic E-state index is -0.440. The highest BCUT2D eigenvalue weighted by atomic mass is 32.2. The molecule has 1 unspecified atom stereocenters. The summed E-state index contributed by atoms with van der Waals surface area (Å²) in [7, 11) is 0. The van der Waals surface area contributed by atoms with E-state index in [-0.39, 0.29) is 5.82 Å². The molecule has 0 fully saturated rings. The van der Waals surface area contributed by atoms with Crippen LogP contribution >= 0.6 is 11.8 Å². The molecule has 0 aromatic heterocycles. The Bertz CT molecular complexity index is 549. The van der Waals surface area contributed by atoms with Crippen LogP contribution < -0.4 is 0 Å². The molecule has 0 saturated carbocycles. The highest BCUT2D eigenvalue weighted by Crippen LogP contribution is 2.26. The van der Waals surface area contributed by atoms with Gasteiger partial charge in [0.2, 0.25) is 0 Å². The monoisotopic (exact) mass is 276 g/mol. The van der Waals surface area contributed by atoms with Crippen molar-refractivity contribution in [2.75, 3.05) is 0 Å². The van der Waals surface area contributed by atoms with Crippen LogP contribution in [0, 0.1) is 12.7 Å². The fraction of sp³-hybridized carbons (Fsp3) is 0.250. The van der Waals surface area contributed by atoms with Crippen molar-refractivity contribution in [1.29, 1.82) is 0 Å². The summed E-state index contributed by atoms with van der Waals surface area (Å²) in [6.07, 6.45) is -0.440. The fourth-order valence-corrected chi connectivity index (χ4v) is 2.76. The van der Waals surface area contributed by atoms with Crippen LogP contribution in [0.25, 0.3) is 0 Å². The zero-order valence-corrected chi connectivity index (χ0v) is 11.9. The van der Waals surface area contributed by atoms with Crippen molar-refractivity contribution < 1.29 is 9.50 Å². The van der Waals surface area contributed by atoms with Gasteiger partial charge in [-0.15, -0.1) is 11.8 Å². The maximum atomic E-state index is 13.2. The normalized spacial score (nSPS) is 12.4. The number of halogens is 1. The smallest absolute Gasteiger partial charge is 0.123 e. The van der Waals surface area contributed by atoms with Gasteiger partial charge < -0.3 is 5.11 Å². The standard InChI is InChI=1S/C16H17FOS/c1-11-3-6-15(17)9-14(11)10-19-16-7-4-13(5-8-16)12(2)18/h3-9,12,18H,10H2,1-2H3. The molecule has 2 rings (SSSR count). The SMILES string of the molecule is Cc1ccc(F)cc1CSc1ccc(C(C)O)cc1. The number of aryl methyl sites for hydroxylation is 1. The van der Waals surface area contributed by atoms with Crippen molar-refractivity contribution in [2.45, 2.75) is 30.6 Å². The molecule has 19 heavy (non-hydrogen) atoms. The van der Waals surface area contributed by atoms with E-state index in [1.165, 1.54) is 6.07 Å². The van der Waals surface area contributed by atoms with Crippen LogP contribution in [-0.4, -0.2) is 5.11 Å². The maximum absolute atomic E-state index is 13.2. The summed E-state index contributed by atoms with van der Waals surface area (Å²) in [6.45, 7) is 3.74. The summed E-state index contributed by atoms with van der Waals surface area (Å²) in [5, 5.41) is 9.44. The number of benzene rings is 2. The number of aliphatic hydroxyl groups is 1. The van der Waals surface area contributed by atoms with Gasteiger partial charge in [-0.05, 0) is 54.8 Å². The van der Waals surface area contributed by atoms with Crippen LogP contribution in [0.1, 0.15) is 29.7 Å². The third kappa shape index (κ3) is 3.82. The summed E-state index contributed by atoms with van der Waals surface area (Å²) in [5.74, 6) is 0.558. The zero-order chi connectivity index (χ0) is 13.8. The Labute approximate surface area is 117 Å². The minimum Gasteiger partial charge on any atom is -0.389 e. The summed E-state index contributed by atoms with van der Waals surface area (Å²) >= 11 is 1.67. The second-order valence-corrected chi connectivity index (χ2v) is 5.65. The van der Waals surface area contributed by atoms with Crippen molar-refractivity contribution in [3.8, 4) is 0 Å². The van der Waals surface area contributed by atoms with Gasteiger partial charge in [-0.1, -0.05) is 18.2 Å². The highest BCUT2D eigenvalue weighted by molar-refractivity contribution is 7.98. The van der Waals surface area contributed by atoms with Gasteiger partial charge in [0.05, 0.1) is 6.10 Å². The second-order valence-electron chi connectivity index (χ2n) is 4.60. The molecule has 0 radical (unpaired) electrons. The molecule has 100 valence electrons. The lowest BCUT2D eigenvalue weighted by Gasteiger charge is -2.08. The third-order valence-electron chi connectivity index (χ3n) is 3.07. The zero-order valence-electron chi connectivity index (χ0n) is 11.1. The lowest BCUT2D eigenvalue weighted by atomic mass is 10.1. The maximum Gasteiger partial charge on any atom is 0.123 e. The fourth-order valence-electron chi connectivity index (χ4n) is 1.80. The molecule has 0 aliphatic heterocycles. The second kappa shape index (κ2) is 6.22. The largest absolute Gasteiger partial charge is 0.389 e. The van der Waals surface area contributed by atoms with Crippen LogP contribution in [0.4, 0.5) is 4.39 Å². The first kappa shape index (κ1) is 14.1. The Balaban J connectivity index is 2.04. The van der Waals surface area contributed by atoms with E-state index in [9.17, 15) is 9.50 Å². The van der Waals surface area contributed by atoms with Gasteiger partial charge in [-0.25, -0.2) is 4.39 Å². The Morgan fingerprint density at radius 2 is 1.84 bits per heavy atom. The molecule has 2 aromatic rings. The Kier molecular flexibility index (Phi) is 4.61. The molecule has 0 heterocycles. The van der Waals surface area contributed by atoms with Gasteiger partial charge in [0.15, 0.2) is 0 Å². The number of thioether (sulfide) groups is 1. The van der Waals surface area contributed by atoms with Crippen LogP contribution in [-0.2, 0) is 5.75 Å². The molecule has 1 N–H and O–H groups in total. The Morgan fingerprint density at radius 1 is 1.16 bits per heavy atom. The van der Waals surface area contributed by atoms with E-state index >= 15 is 0 Å². The van der Waals surface area contributed by atoms with Gasteiger partial charge in [0, 0.05) is 10.6 Å². The van der Waals surface area contributed by atoms with E-state index in [4.69, 9.17) is 0 Å². The van der Waals surface area contributed by atoms with Crippen LogP contribution in [0.15, 0.2) is 47.4 Å². The van der Waals surface area contributed by atoms with E-state index in [0.717, 1.165) is 27.3 Å². The predicted octanol–water partition coefficient (Wildman–Crippen LogP) is 4.48. The van der Waals surface area contributed by atoms with Crippen molar-refractivity contribution in [2.24, 2.45) is 0 Å². The van der Waals surface area contributed by atoms with E-state index < -0.39 is 6.10 Å². The molecule has 1 atom stereocenters. The van der Waals surface area contributed by atoms with Crippen molar-refractivity contribution in [1.82, 2.24) is 0 Å².